The van der Waals surface area contributed by atoms with Crippen LogP contribution in [0.4, 0.5) is 0 Å². The molecule has 1 heterocycles. The van der Waals surface area contributed by atoms with Crippen LogP contribution in [0.15, 0.2) is 0 Å². The lowest BCUT2D eigenvalue weighted by Gasteiger charge is -2.39. The SMILES string of the molecule is CC1(C)CNC(CC(=O)O)CN(C(C)(C)C)C1. The third kappa shape index (κ3) is 4.64. The molecule has 0 amide bonds. The minimum atomic E-state index is -0.726. The van der Waals surface area contributed by atoms with Gasteiger partial charge in [0.05, 0.1) is 6.42 Å². The van der Waals surface area contributed by atoms with Crippen LogP contribution in [0.3, 0.4) is 0 Å². The first kappa shape index (κ1) is 14.5. The number of nitrogens with zero attached hydrogens (tertiary/aromatic N) is 1. The van der Waals surface area contributed by atoms with Crippen LogP contribution in [0.25, 0.3) is 0 Å². The van der Waals surface area contributed by atoms with Gasteiger partial charge in [0.15, 0.2) is 0 Å². The lowest BCUT2D eigenvalue weighted by Crippen LogP contribution is -2.48. The largest absolute Gasteiger partial charge is 0.481 e. The summed E-state index contributed by atoms with van der Waals surface area (Å²) in [5.74, 6) is -0.726. The van der Waals surface area contributed by atoms with E-state index in [9.17, 15) is 4.79 Å². The van der Waals surface area contributed by atoms with Crippen LogP contribution in [-0.2, 0) is 4.79 Å². The van der Waals surface area contributed by atoms with E-state index in [1.165, 1.54) is 0 Å². The Labute approximate surface area is 104 Å². The maximum absolute atomic E-state index is 10.8. The van der Waals surface area contributed by atoms with E-state index in [1.54, 1.807) is 0 Å². The summed E-state index contributed by atoms with van der Waals surface area (Å²) in [6.45, 7) is 13.7. The summed E-state index contributed by atoms with van der Waals surface area (Å²) in [5.41, 5.74) is 0.264. The molecular weight excluding hydrogens is 216 g/mol. The summed E-state index contributed by atoms with van der Waals surface area (Å²) in [7, 11) is 0. The van der Waals surface area contributed by atoms with Crippen LogP contribution >= 0.6 is 0 Å². The molecule has 17 heavy (non-hydrogen) atoms. The van der Waals surface area contributed by atoms with Crippen LogP contribution in [0.1, 0.15) is 41.0 Å². The van der Waals surface area contributed by atoms with Crippen LogP contribution in [0.5, 0.6) is 0 Å². The number of carbonyl (C=O) groups is 1. The zero-order chi connectivity index (χ0) is 13.3. The molecule has 2 N–H and O–H groups in total. The summed E-state index contributed by atoms with van der Waals surface area (Å²) < 4.78 is 0. The van der Waals surface area contributed by atoms with Crippen molar-refractivity contribution in [3.05, 3.63) is 0 Å². The van der Waals surface area contributed by atoms with Crippen molar-refractivity contribution < 1.29 is 9.90 Å². The highest BCUT2D eigenvalue weighted by Gasteiger charge is 2.34. The fraction of sp³-hybridized carbons (Fsp3) is 0.923. The highest BCUT2D eigenvalue weighted by atomic mass is 16.4. The molecule has 1 fully saturated rings. The van der Waals surface area contributed by atoms with E-state index in [1.807, 2.05) is 0 Å². The lowest BCUT2D eigenvalue weighted by molar-refractivity contribution is -0.137. The quantitative estimate of drug-likeness (QED) is 0.771. The Hall–Kier alpha value is -0.610. The normalized spacial score (nSPS) is 26.5. The number of aliphatic carboxylic acids is 1. The van der Waals surface area contributed by atoms with Crippen molar-refractivity contribution in [2.45, 2.75) is 52.6 Å². The van der Waals surface area contributed by atoms with Gasteiger partial charge in [-0.05, 0) is 26.2 Å². The van der Waals surface area contributed by atoms with Crippen molar-refractivity contribution in [2.75, 3.05) is 19.6 Å². The number of hydrogen-bond acceptors (Lipinski definition) is 3. The predicted octanol–water partition coefficient (Wildman–Crippen LogP) is 1.56. The third-order valence-electron chi connectivity index (χ3n) is 3.30. The second-order valence-corrected chi connectivity index (χ2v) is 6.89. The Morgan fingerprint density at radius 1 is 1.47 bits per heavy atom. The Balaban J connectivity index is 2.78. The fourth-order valence-corrected chi connectivity index (χ4v) is 2.25. The molecule has 1 aliphatic heterocycles. The first-order chi connectivity index (χ1) is 7.60. The first-order valence-electron chi connectivity index (χ1n) is 6.30. The molecule has 1 atom stereocenters. The van der Waals surface area contributed by atoms with Crippen molar-refractivity contribution in [1.29, 1.82) is 0 Å². The maximum Gasteiger partial charge on any atom is 0.304 e. The standard InChI is InChI=1S/C13H26N2O2/c1-12(2,3)15-7-10(6-11(16)17)14-8-13(4,5)9-15/h10,14H,6-9H2,1-5H3,(H,16,17). The highest BCUT2D eigenvalue weighted by molar-refractivity contribution is 5.67. The zero-order valence-electron chi connectivity index (χ0n) is 11.7. The Morgan fingerprint density at radius 2 is 2.06 bits per heavy atom. The summed E-state index contributed by atoms with van der Waals surface area (Å²) in [4.78, 5) is 13.2. The van der Waals surface area contributed by atoms with Gasteiger partial charge in [-0.3, -0.25) is 9.69 Å². The summed E-state index contributed by atoms with van der Waals surface area (Å²) in [6, 6.07) is 0.0495. The van der Waals surface area contributed by atoms with E-state index >= 15 is 0 Å². The maximum atomic E-state index is 10.8. The molecule has 0 bridgehead atoms. The molecule has 0 spiro atoms. The van der Waals surface area contributed by atoms with Gasteiger partial charge in [0, 0.05) is 31.2 Å². The monoisotopic (exact) mass is 242 g/mol. The summed E-state index contributed by atoms with van der Waals surface area (Å²) >= 11 is 0. The van der Waals surface area contributed by atoms with Crippen LogP contribution in [0, 0.1) is 5.41 Å². The molecule has 0 aromatic rings. The predicted molar refractivity (Wildman–Crippen MR) is 69.2 cm³/mol. The molecule has 0 aromatic carbocycles. The fourth-order valence-electron chi connectivity index (χ4n) is 2.25. The van der Waals surface area contributed by atoms with E-state index in [-0.39, 0.29) is 23.4 Å². The number of carboxylic acid groups (broad SMARTS) is 1. The van der Waals surface area contributed by atoms with Gasteiger partial charge in [-0.25, -0.2) is 0 Å². The molecule has 1 unspecified atom stereocenters. The molecule has 1 rings (SSSR count). The summed E-state index contributed by atoms with van der Waals surface area (Å²) in [5, 5.41) is 12.3. The molecule has 100 valence electrons. The van der Waals surface area contributed by atoms with Gasteiger partial charge in [-0.1, -0.05) is 13.8 Å². The molecule has 1 saturated heterocycles. The van der Waals surface area contributed by atoms with Crippen LogP contribution in [-0.4, -0.2) is 47.2 Å². The molecule has 4 heteroatoms. The average molecular weight is 242 g/mol. The Morgan fingerprint density at radius 3 is 2.53 bits per heavy atom. The van der Waals surface area contributed by atoms with E-state index in [0.29, 0.717) is 0 Å². The Kier molecular flexibility index (Phi) is 4.20. The van der Waals surface area contributed by atoms with Crippen molar-refractivity contribution in [1.82, 2.24) is 10.2 Å². The number of hydrogen-bond donors (Lipinski definition) is 2. The van der Waals surface area contributed by atoms with Gasteiger partial charge in [-0.2, -0.15) is 0 Å². The molecule has 0 aliphatic carbocycles. The molecule has 0 aromatic heterocycles. The molecule has 0 saturated carbocycles. The number of nitrogens with one attached hydrogen (secondary N) is 1. The van der Waals surface area contributed by atoms with Gasteiger partial charge < -0.3 is 10.4 Å². The average Bonchev–Trinajstić information content (AvgIpc) is 2.23. The van der Waals surface area contributed by atoms with Crippen molar-refractivity contribution in [2.24, 2.45) is 5.41 Å². The first-order valence-corrected chi connectivity index (χ1v) is 6.30. The minimum Gasteiger partial charge on any atom is -0.481 e. The second kappa shape index (κ2) is 4.94. The second-order valence-electron chi connectivity index (χ2n) is 6.89. The van der Waals surface area contributed by atoms with Crippen LogP contribution < -0.4 is 5.32 Å². The molecule has 1 aliphatic rings. The lowest BCUT2D eigenvalue weighted by atomic mass is 9.91. The summed E-state index contributed by atoms with van der Waals surface area (Å²) in [6.07, 6.45) is 0.197. The van der Waals surface area contributed by atoms with E-state index in [0.717, 1.165) is 19.6 Å². The van der Waals surface area contributed by atoms with Gasteiger partial charge in [0.2, 0.25) is 0 Å². The van der Waals surface area contributed by atoms with Crippen molar-refractivity contribution in [3.8, 4) is 0 Å². The van der Waals surface area contributed by atoms with Crippen molar-refractivity contribution >= 4 is 5.97 Å². The molecular formula is C13H26N2O2. The van der Waals surface area contributed by atoms with Gasteiger partial charge in [-0.15, -0.1) is 0 Å². The third-order valence-corrected chi connectivity index (χ3v) is 3.30. The van der Waals surface area contributed by atoms with Gasteiger partial charge in [0.25, 0.3) is 0 Å². The van der Waals surface area contributed by atoms with Crippen molar-refractivity contribution in [3.63, 3.8) is 0 Å². The van der Waals surface area contributed by atoms with E-state index in [4.69, 9.17) is 5.11 Å². The minimum absolute atomic E-state index is 0.0495. The highest BCUT2D eigenvalue weighted by Crippen LogP contribution is 2.25. The molecule has 4 nitrogen and oxygen atoms in total. The topological polar surface area (TPSA) is 52.6 Å². The van der Waals surface area contributed by atoms with Gasteiger partial charge in [0.1, 0.15) is 0 Å². The zero-order valence-corrected chi connectivity index (χ0v) is 11.7. The van der Waals surface area contributed by atoms with Crippen LogP contribution in [0.2, 0.25) is 0 Å². The molecule has 0 radical (unpaired) electrons. The smallest absolute Gasteiger partial charge is 0.304 e. The number of carboxylic acids is 1. The van der Waals surface area contributed by atoms with E-state index in [2.05, 4.69) is 44.8 Å². The number of rotatable bonds is 2. The van der Waals surface area contributed by atoms with E-state index < -0.39 is 5.97 Å². The van der Waals surface area contributed by atoms with Gasteiger partial charge >= 0.3 is 5.97 Å². The Bertz CT molecular complexity index is 282.